The molecule has 5 heteroatoms. The monoisotopic (exact) mass is 402 g/mol. The normalized spacial score (nSPS) is 12.6. The lowest BCUT2D eigenvalue weighted by molar-refractivity contribution is -0.139. The maximum absolute atomic E-state index is 12.6. The van der Waals surface area contributed by atoms with Crippen LogP contribution in [-0.2, 0) is 20.9 Å². The third kappa shape index (κ3) is 4.45. The first-order valence-electron chi connectivity index (χ1n) is 9.89. The molecule has 3 rings (SSSR count). The van der Waals surface area contributed by atoms with E-state index in [1.807, 2.05) is 68.4 Å². The van der Waals surface area contributed by atoms with Gasteiger partial charge in [0, 0.05) is 18.5 Å². The van der Waals surface area contributed by atoms with Crippen LogP contribution in [0.5, 0.6) is 0 Å². The van der Waals surface area contributed by atoms with Gasteiger partial charge in [-0.25, -0.2) is 4.79 Å². The molecule has 0 aliphatic heterocycles. The van der Waals surface area contributed by atoms with E-state index in [0.717, 1.165) is 33.3 Å². The van der Waals surface area contributed by atoms with Gasteiger partial charge in [-0.05, 0) is 54.8 Å². The van der Waals surface area contributed by atoms with Crippen LogP contribution in [0.2, 0.25) is 0 Å². The molecule has 0 unspecified atom stereocenters. The second-order valence-corrected chi connectivity index (χ2v) is 7.39. The summed E-state index contributed by atoms with van der Waals surface area (Å²) in [4.78, 5) is 12.6. The van der Waals surface area contributed by atoms with E-state index >= 15 is 0 Å². The summed E-state index contributed by atoms with van der Waals surface area (Å²) in [5.41, 5.74) is 3.74. The van der Waals surface area contributed by atoms with Crippen molar-refractivity contribution in [2.75, 3.05) is 13.7 Å². The number of hydrogen-bond donors (Lipinski definition) is 0. The van der Waals surface area contributed by atoms with Crippen molar-refractivity contribution in [3.8, 4) is 6.07 Å². The molecule has 0 saturated heterocycles. The number of methoxy groups -OCH3 is 1. The van der Waals surface area contributed by atoms with Crippen molar-refractivity contribution in [1.82, 2.24) is 4.57 Å². The van der Waals surface area contributed by atoms with E-state index in [0.29, 0.717) is 6.61 Å². The minimum Gasteiger partial charge on any atom is -0.457 e. The Balaban J connectivity index is 1.81. The number of rotatable bonds is 7. The van der Waals surface area contributed by atoms with Crippen LogP contribution >= 0.6 is 0 Å². The van der Waals surface area contributed by atoms with Crippen LogP contribution in [0.1, 0.15) is 35.5 Å². The molecule has 2 aromatic carbocycles. The van der Waals surface area contributed by atoms with Crippen LogP contribution < -0.4 is 0 Å². The predicted molar refractivity (Wildman–Crippen MR) is 118 cm³/mol. The van der Waals surface area contributed by atoms with Gasteiger partial charge in [0.1, 0.15) is 18.2 Å². The number of aryl methyl sites for hydroxylation is 1. The van der Waals surface area contributed by atoms with Crippen LogP contribution in [0.25, 0.3) is 16.8 Å². The topological polar surface area (TPSA) is 64.2 Å². The van der Waals surface area contributed by atoms with Crippen molar-refractivity contribution in [2.24, 2.45) is 0 Å². The molecule has 1 atom stereocenters. The predicted octanol–water partition coefficient (Wildman–Crippen LogP) is 5.12. The lowest BCUT2D eigenvalue weighted by Gasteiger charge is -2.17. The average Bonchev–Trinajstić information content (AvgIpc) is 3.03. The molecule has 1 aromatic heterocycles. The number of carbonyl (C=O) groups is 1. The number of aromatic nitrogens is 1. The summed E-state index contributed by atoms with van der Waals surface area (Å²) in [6.07, 6.45) is 1.60. The number of fused-ring (bicyclic) bond motifs is 1. The van der Waals surface area contributed by atoms with Gasteiger partial charge in [-0.2, -0.15) is 5.26 Å². The van der Waals surface area contributed by atoms with Gasteiger partial charge in [-0.3, -0.25) is 0 Å². The summed E-state index contributed by atoms with van der Waals surface area (Å²) in [7, 11) is 1.67. The third-order valence-electron chi connectivity index (χ3n) is 5.25. The Labute approximate surface area is 177 Å². The Morgan fingerprint density at radius 1 is 1.20 bits per heavy atom. The zero-order chi connectivity index (χ0) is 21.7. The molecule has 0 bridgehead atoms. The van der Waals surface area contributed by atoms with Gasteiger partial charge in [0.05, 0.1) is 12.6 Å². The number of ether oxygens (including phenoxy) is 2. The quantitative estimate of drug-likeness (QED) is 0.313. The minimum atomic E-state index is -0.625. The van der Waals surface area contributed by atoms with Crippen LogP contribution in [0.15, 0.2) is 54.1 Å². The van der Waals surface area contributed by atoms with E-state index in [9.17, 15) is 10.1 Å². The molecule has 0 amide bonds. The molecule has 1 heterocycles. The van der Waals surface area contributed by atoms with Crippen molar-refractivity contribution < 1.29 is 14.3 Å². The number of nitriles is 1. The Morgan fingerprint density at radius 3 is 2.67 bits per heavy atom. The first-order valence-corrected chi connectivity index (χ1v) is 9.89. The summed E-state index contributed by atoms with van der Waals surface area (Å²) in [5, 5.41) is 11.7. The van der Waals surface area contributed by atoms with Crippen molar-refractivity contribution in [2.45, 2.75) is 33.4 Å². The maximum atomic E-state index is 12.6. The highest BCUT2D eigenvalue weighted by Crippen LogP contribution is 2.24. The maximum Gasteiger partial charge on any atom is 0.349 e. The summed E-state index contributed by atoms with van der Waals surface area (Å²) >= 11 is 0. The first-order chi connectivity index (χ1) is 14.5. The molecule has 3 aromatic rings. The average molecular weight is 402 g/mol. The van der Waals surface area contributed by atoms with Crippen LogP contribution in [0.3, 0.4) is 0 Å². The molecule has 5 nitrogen and oxygen atoms in total. The van der Waals surface area contributed by atoms with Crippen molar-refractivity contribution in [3.05, 3.63) is 76.6 Å². The molecule has 0 saturated carbocycles. The van der Waals surface area contributed by atoms with E-state index in [1.165, 1.54) is 0 Å². The highest BCUT2D eigenvalue weighted by molar-refractivity contribution is 5.98. The fraction of sp³-hybridized carbons (Fsp3) is 0.280. The molecular weight excluding hydrogens is 376 g/mol. The highest BCUT2D eigenvalue weighted by atomic mass is 16.5. The zero-order valence-corrected chi connectivity index (χ0v) is 17.8. The fourth-order valence-corrected chi connectivity index (χ4v) is 3.87. The van der Waals surface area contributed by atoms with Gasteiger partial charge in [-0.15, -0.1) is 0 Å². The van der Waals surface area contributed by atoms with Gasteiger partial charge in [-0.1, -0.05) is 42.5 Å². The Hall–Kier alpha value is -3.36. The molecule has 0 aliphatic carbocycles. The standard InChI is InChI=1S/C25H26N2O3/c1-17-12-22(19(3)27(17)18(2)15-29-4)13-23(14-26)25(28)30-16-21-10-7-9-20-8-5-6-11-24(20)21/h5-13,18H,15-16H2,1-4H3/b23-13+/t18-/m0/s1. The van der Waals surface area contributed by atoms with Gasteiger partial charge in [0.15, 0.2) is 0 Å². The zero-order valence-electron chi connectivity index (χ0n) is 17.8. The second-order valence-electron chi connectivity index (χ2n) is 7.39. The number of nitrogens with zero attached hydrogens (tertiary/aromatic N) is 2. The summed E-state index contributed by atoms with van der Waals surface area (Å²) < 4.78 is 12.9. The number of carbonyl (C=O) groups excluding carboxylic acids is 1. The number of esters is 1. The van der Waals surface area contributed by atoms with Gasteiger partial charge >= 0.3 is 5.97 Å². The lowest BCUT2D eigenvalue weighted by atomic mass is 10.1. The summed E-state index contributed by atoms with van der Waals surface area (Å²) in [6.45, 7) is 6.74. The molecular formula is C25H26N2O3. The van der Waals surface area contributed by atoms with Crippen LogP contribution in [0.4, 0.5) is 0 Å². The summed E-state index contributed by atoms with van der Waals surface area (Å²) in [5.74, 6) is -0.625. The Kier molecular flexibility index (Phi) is 6.71. The number of hydrogen-bond acceptors (Lipinski definition) is 4. The summed E-state index contributed by atoms with van der Waals surface area (Å²) in [6, 6.07) is 17.9. The molecule has 0 spiro atoms. The minimum absolute atomic E-state index is 0.0186. The fourth-order valence-electron chi connectivity index (χ4n) is 3.87. The van der Waals surface area contributed by atoms with E-state index in [2.05, 4.69) is 11.5 Å². The van der Waals surface area contributed by atoms with Crippen molar-refractivity contribution >= 4 is 22.8 Å². The number of benzene rings is 2. The van der Waals surface area contributed by atoms with Crippen LogP contribution in [-0.4, -0.2) is 24.3 Å². The van der Waals surface area contributed by atoms with E-state index < -0.39 is 5.97 Å². The second kappa shape index (κ2) is 9.43. The van der Waals surface area contributed by atoms with Crippen molar-refractivity contribution in [1.29, 1.82) is 5.26 Å². The van der Waals surface area contributed by atoms with Gasteiger partial charge in [0.25, 0.3) is 0 Å². The smallest absolute Gasteiger partial charge is 0.349 e. The molecule has 0 radical (unpaired) electrons. The van der Waals surface area contributed by atoms with Crippen LogP contribution in [0, 0.1) is 25.2 Å². The SMILES string of the molecule is COC[C@H](C)n1c(C)cc(/C=C(\C#N)C(=O)OCc2cccc3ccccc23)c1C. The first kappa shape index (κ1) is 21.4. The molecule has 30 heavy (non-hydrogen) atoms. The van der Waals surface area contributed by atoms with E-state index in [4.69, 9.17) is 9.47 Å². The molecule has 0 N–H and O–H groups in total. The largest absolute Gasteiger partial charge is 0.457 e. The Bertz CT molecular complexity index is 1130. The highest BCUT2D eigenvalue weighted by Gasteiger charge is 2.17. The molecule has 0 aliphatic rings. The molecule has 0 fully saturated rings. The van der Waals surface area contributed by atoms with Gasteiger partial charge in [0.2, 0.25) is 0 Å². The van der Waals surface area contributed by atoms with Gasteiger partial charge < -0.3 is 14.0 Å². The third-order valence-corrected chi connectivity index (χ3v) is 5.25. The van der Waals surface area contributed by atoms with E-state index in [1.54, 1.807) is 13.2 Å². The van der Waals surface area contributed by atoms with Crippen molar-refractivity contribution in [3.63, 3.8) is 0 Å². The lowest BCUT2D eigenvalue weighted by Crippen LogP contribution is -2.13. The molecule has 154 valence electrons. The van der Waals surface area contributed by atoms with E-state index in [-0.39, 0.29) is 18.2 Å². The Morgan fingerprint density at radius 2 is 1.93 bits per heavy atom.